The van der Waals surface area contributed by atoms with E-state index in [1.54, 1.807) is 13.8 Å². The second kappa shape index (κ2) is 5.83. The van der Waals surface area contributed by atoms with Crippen molar-refractivity contribution < 1.29 is 19.8 Å². The first-order valence-electron chi connectivity index (χ1n) is 7.75. The molecule has 4 atom stereocenters. The number of rotatable bonds is 4. The molecule has 126 valence electrons. The number of amides is 1. The molecule has 23 heavy (non-hydrogen) atoms. The van der Waals surface area contributed by atoms with Gasteiger partial charge in [0.2, 0.25) is 5.91 Å². The van der Waals surface area contributed by atoms with E-state index in [4.69, 9.17) is 5.41 Å². The molecule has 1 amide bonds. The predicted molar refractivity (Wildman–Crippen MR) is 86.1 cm³/mol. The minimum atomic E-state index is -1.08. The molecular weight excluding hydrogens is 318 g/mol. The fourth-order valence-corrected chi connectivity index (χ4v) is 5.11. The Hall–Kier alpha value is -1.54. The van der Waals surface area contributed by atoms with Crippen LogP contribution in [0.3, 0.4) is 0 Å². The van der Waals surface area contributed by atoms with Crippen LogP contribution in [0.25, 0.3) is 0 Å². The smallest absolute Gasteiger partial charge is 0.353 e. The lowest BCUT2D eigenvalue weighted by molar-refractivity contribution is -0.161. The monoisotopic (exact) mass is 339 g/mol. The summed E-state index contributed by atoms with van der Waals surface area (Å²) in [5.41, 5.74) is 0.0897. The van der Waals surface area contributed by atoms with Gasteiger partial charge >= 0.3 is 5.97 Å². The summed E-state index contributed by atoms with van der Waals surface area (Å²) in [6, 6.07) is -0.224. The van der Waals surface area contributed by atoms with Crippen molar-refractivity contribution in [1.82, 2.24) is 9.80 Å². The molecule has 0 radical (unpaired) electrons. The number of likely N-dealkylation sites (tertiary alicyclic amines) is 1. The van der Waals surface area contributed by atoms with E-state index in [-0.39, 0.29) is 22.9 Å². The van der Waals surface area contributed by atoms with Crippen LogP contribution in [0.4, 0.5) is 0 Å². The number of carbonyl (C=O) groups is 2. The van der Waals surface area contributed by atoms with Crippen molar-refractivity contribution in [2.45, 2.75) is 44.1 Å². The quantitative estimate of drug-likeness (QED) is 0.396. The molecule has 3 heterocycles. The van der Waals surface area contributed by atoms with Gasteiger partial charge in [0.15, 0.2) is 0 Å². The first-order chi connectivity index (χ1) is 10.8. The molecule has 0 aliphatic carbocycles. The Labute approximate surface area is 138 Å². The number of nitrogens with zero attached hydrogens (tertiary/aromatic N) is 2. The summed E-state index contributed by atoms with van der Waals surface area (Å²) in [6.07, 6.45) is 0.648. The zero-order chi connectivity index (χ0) is 16.9. The van der Waals surface area contributed by atoms with Gasteiger partial charge in [0.05, 0.1) is 23.9 Å². The van der Waals surface area contributed by atoms with Crippen molar-refractivity contribution in [3.05, 3.63) is 10.6 Å². The second-order valence-corrected chi connectivity index (χ2v) is 7.78. The number of aliphatic hydroxyl groups excluding tert-OH is 1. The minimum absolute atomic E-state index is 0.0897. The molecular formula is C15H21N3O4S. The molecule has 0 saturated carbocycles. The van der Waals surface area contributed by atoms with Gasteiger partial charge in [-0.1, -0.05) is 0 Å². The lowest BCUT2D eigenvalue weighted by Crippen LogP contribution is -2.61. The lowest BCUT2D eigenvalue weighted by Gasteiger charge is -2.44. The third-order valence-corrected chi connectivity index (χ3v) is 6.18. The predicted octanol–water partition coefficient (Wildman–Crippen LogP) is 0.699. The minimum Gasteiger partial charge on any atom is -0.477 e. The maximum Gasteiger partial charge on any atom is 0.353 e. The van der Waals surface area contributed by atoms with Crippen LogP contribution >= 0.6 is 11.8 Å². The highest BCUT2D eigenvalue weighted by atomic mass is 32.2. The van der Waals surface area contributed by atoms with Crippen LogP contribution in [0.5, 0.6) is 0 Å². The third-order valence-electron chi connectivity index (χ3n) is 4.82. The number of aliphatic hydroxyl groups is 1. The zero-order valence-corrected chi connectivity index (χ0v) is 14.0. The summed E-state index contributed by atoms with van der Waals surface area (Å²) in [6.45, 7) is 4.87. The van der Waals surface area contributed by atoms with E-state index >= 15 is 0 Å². The normalized spacial score (nSPS) is 31.3. The van der Waals surface area contributed by atoms with E-state index in [0.717, 1.165) is 24.4 Å². The summed E-state index contributed by atoms with van der Waals surface area (Å²) in [5.74, 6) is -1.33. The Morgan fingerprint density at radius 3 is 2.70 bits per heavy atom. The van der Waals surface area contributed by atoms with E-state index in [1.165, 1.54) is 16.7 Å². The number of carboxylic acid groups (broad SMARTS) is 1. The van der Waals surface area contributed by atoms with E-state index in [2.05, 4.69) is 0 Å². The number of nitrogens with one attached hydrogen (secondary N) is 1. The second-order valence-electron chi connectivity index (χ2n) is 6.38. The number of fused-ring (bicyclic) bond motifs is 1. The number of carbonyl (C=O) groups excluding carboxylic acids is 1. The first-order valence-corrected chi connectivity index (χ1v) is 8.63. The summed E-state index contributed by atoms with van der Waals surface area (Å²) < 4.78 is 0. The van der Waals surface area contributed by atoms with Crippen LogP contribution in [0.2, 0.25) is 0 Å². The van der Waals surface area contributed by atoms with Crippen LogP contribution in [0, 0.1) is 11.3 Å². The van der Waals surface area contributed by atoms with Crippen LogP contribution in [-0.4, -0.2) is 68.2 Å². The van der Waals surface area contributed by atoms with Crippen molar-refractivity contribution in [2.75, 3.05) is 13.1 Å². The largest absolute Gasteiger partial charge is 0.477 e. The Bertz CT molecular complexity index is 604. The molecule has 8 heteroatoms. The van der Waals surface area contributed by atoms with Crippen LogP contribution in [0.1, 0.15) is 26.7 Å². The summed E-state index contributed by atoms with van der Waals surface area (Å²) in [5, 5.41) is 27.1. The average molecular weight is 339 g/mol. The number of carboxylic acids is 1. The maximum absolute atomic E-state index is 12.1. The maximum atomic E-state index is 12.1. The van der Waals surface area contributed by atoms with Crippen molar-refractivity contribution in [3.8, 4) is 0 Å². The van der Waals surface area contributed by atoms with Crippen molar-refractivity contribution >= 4 is 29.5 Å². The van der Waals surface area contributed by atoms with Gasteiger partial charge < -0.3 is 20.0 Å². The van der Waals surface area contributed by atoms with Crippen LogP contribution < -0.4 is 0 Å². The standard InChI is InChI=1S/C15H21N3O4S/c1-7(19)12-10-5-11(13(15(21)22)18(10)14(12)20)23-9-3-4-17(6-9)8(2)16/h7,9-10,12,16,19H,3-6H2,1-2H3,(H,21,22)/t7?,9-,10?,12?/m0/s1. The molecule has 7 nitrogen and oxygen atoms in total. The fourth-order valence-electron chi connectivity index (χ4n) is 3.67. The molecule has 3 rings (SSSR count). The Balaban J connectivity index is 1.75. The molecule has 3 aliphatic heterocycles. The van der Waals surface area contributed by atoms with Crippen LogP contribution in [0.15, 0.2) is 10.6 Å². The zero-order valence-electron chi connectivity index (χ0n) is 13.2. The van der Waals surface area contributed by atoms with Crippen molar-refractivity contribution in [1.29, 1.82) is 5.41 Å². The highest BCUT2D eigenvalue weighted by Gasteiger charge is 2.57. The van der Waals surface area contributed by atoms with E-state index < -0.39 is 18.0 Å². The van der Waals surface area contributed by atoms with Crippen molar-refractivity contribution in [2.24, 2.45) is 5.92 Å². The number of β-lactam (4-membered cyclic amide) rings is 1. The number of amidine groups is 1. The van der Waals surface area contributed by atoms with Gasteiger partial charge in [-0.15, -0.1) is 11.8 Å². The highest BCUT2D eigenvalue weighted by molar-refractivity contribution is 8.03. The van der Waals surface area contributed by atoms with Gasteiger partial charge in [0.1, 0.15) is 5.70 Å². The molecule has 0 aromatic carbocycles. The van der Waals surface area contributed by atoms with Gasteiger partial charge in [-0.05, 0) is 20.3 Å². The third kappa shape index (κ3) is 2.63. The Kier molecular flexibility index (Phi) is 4.14. The van der Waals surface area contributed by atoms with Gasteiger partial charge in [-0.2, -0.15) is 0 Å². The average Bonchev–Trinajstić information content (AvgIpc) is 3.02. The molecule has 2 saturated heterocycles. The van der Waals surface area contributed by atoms with Gasteiger partial charge in [0, 0.05) is 29.7 Å². The fraction of sp³-hybridized carbons (Fsp3) is 0.667. The lowest BCUT2D eigenvalue weighted by atomic mass is 9.83. The van der Waals surface area contributed by atoms with E-state index in [9.17, 15) is 19.8 Å². The molecule has 3 unspecified atom stereocenters. The summed E-state index contributed by atoms with van der Waals surface area (Å²) in [7, 11) is 0. The first kappa shape index (κ1) is 16.3. The Morgan fingerprint density at radius 2 is 2.17 bits per heavy atom. The Morgan fingerprint density at radius 1 is 1.48 bits per heavy atom. The number of thioether (sulfide) groups is 1. The molecule has 0 bridgehead atoms. The molecule has 0 aromatic rings. The van der Waals surface area contributed by atoms with Crippen molar-refractivity contribution in [3.63, 3.8) is 0 Å². The highest BCUT2D eigenvalue weighted by Crippen LogP contribution is 2.48. The molecule has 3 aliphatic rings. The topological polar surface area (TPSA) is 105 Å². The van der Waals surface area contributed by atoms with Gasteiger partial charge in [0.25, 0.3) is 0 Å². The summed E-state index contributed by atoms with van der Waals surface area (Å²) >= 11 is 1.52. The number of hydrogen-bond acceptors (Lipinski definition) is 5. The number of aliphatic carboxylic acids is 1. The molecule has 3 N–H and O–H groups in total. The van der Waals surface area contributed by atoms with Gasteiger partial charge in [-0.25, -0.2) is 4.79 Å². The molecule has 2 fully saturated rings. The SMILES string of the molecule is CC(=N)N1CC[C@H](SC2=C(C(=O)O)N3C(=O)C(C(C)O)C3C2)C1. The van der Waals surface area contributed by atoms with E-state index in [1.807, 2.05) is 4.90 Å². The van der Waals surface area contributed by atoms with Gasteiger partial charge in [-0.3, -0.25) is 10.2 Å². The molecule has 0 aromatic heterocycles. The number of hydrogen-bond donors (Lipinski definition) is 3. The molecule has 0 spiro atoms. The summed E-state index contributed by atoms with van der Waals surface area (Å²) in [4.78, 5) is 27.8. The van der Waals surface area contributed by atoms with Crippen LogP contribution in [-0.2, 0) is 9.59 Å². The van der Waals surface area contributed by atoms with E-state index in [0.29, 0.717) is 12.3 Å².